The van der Waals surface area contributed by atoms with Gasteiger partial charge in [-0.3, -0.25) is 4.79 Å². The molecule has 1 fully saturated rings. The maximum absolute atomic E-state index is 11.5. The highest BCUT2D eigenvalue weighted by molar-refractivity contribution is 7.80. The first kappa shape index (κ1) is 12.4. The topological polar surface area (TPSA) is 64.3 Å². The van der Waals surface area contributed by atoms with Crippen LogP contribution in [0.15, 0.2) is 0 Å². The molecule has 0 bridgehead atoms. The van der Waals surface area contributed by atoms with Crippen LogP contribution < -0.4 is 11.1 Å². The Morgan fingerprint density at radius 2 is 2.33 bits per heavy atom. The molecule has 0 aromatic rings. The Morgan fingerprint density at radius 1 is 1.60 bits per heavy atom. The Labute approximate surface area is 95.5 Å². The summed E-state index contributed by atoms with van der Waals surface area (Å²) in [6, 6.07) is 0.131. The maximum atomic E-state index is 11.5. The standard InChI is InChI=1S/C10H18N2O2S/c1-14-6-5-9(13)12-8-4-2-3-7(8)10(11)15/h7-8H,2-6H2,1H3,(H2,11,15)(H,12,13). The SMILES string of the molecule is COCCC(=O)NC1CCCC1C(N)=S. The lowest BCUT2D eigenvalue weighted by atomic mass is 10.0. The first-order valence-corrected chi connectivity index (χ1v) is 5.63. The van der Waals surface area contributed by atoms with Crippen LogP contribution in [0.2, 0.25) is 0 Å². The molecular weight excluding hydrogens is 212 g/mol. The predicted molar refractivity (Wildman–Crippen MR) is 62.6 cm³/mol. The first-order chi connectivity index (χ1) is 7.15. The molecule has 2 unspecified atom stereocenters. The van der Waals surface area contributed by atoms with E-state index < -0.39 is 0 Å². The van der Waals surface area contributed by atoms with E-state index in [1.54, 1.807) is 7.11 Å². The van der Waals surface area contributed by atoms with Gasteiger partial charge in [-0.05, 0) is 12.8 Å². The van der Waals surface area contributed by atoms with Gasteiger partial charge in [0.25, 0.3) is 0 Å². The summed E-state index contributed by atoms with van der Waals surface area (Å²) in [5.74, 6) is 0.191. The van der Waals surface area contributed by atoms with Crippen molar-refractivity contribution < 1.29 is 9.53 Å². The van der Waals surface area contributed by atoms with Crippen molar-refractivity contribution in [1.29, 1.82) is 0 Å². The Morgan fingerprint density at radius 3 is 2.93 bits per heavy atom. The second-order valence-corrected chi connectivity index (χ2v) is 4.33. The Hall–Kier alpha value is -0.680. The smallest absolute Gasteiger partial charge is 0.222 e. The zero-order chi connectivity index (χ0) is 11.3. The van der Waals surface area contributed by atoms with Crippen LogP contribution in [0.3, 0.4) is 0 Å². The number of carbonyl (C=O) groups excluding carboxylic acids is 1. The van der Waals surface area contributed by atoms with Crippen molar-refractivity contribution >= 4 is 23.1 Å². The van der Waals surface area contributed by atoms with Gasteiger partial charge < -0.3 is 15.8 Å². The molecule has 0 aromatic heterocycles. The molecule has 0 saturated heterocycles. The van der Waals surface area contributed by atoms with E-state index in [0.717, 1.165) is 19.3 Å². The monoisotopic (exact) mass is 230 g/mol. The van der Waals surface area contributed by atoms with Gasteiger partial charge in [0.1, 0.15) is 0 Å². The molecule has 4 nitrogen and oxygen atoms in total. The van der Waals surface area contributed by atoms with Gasteiger partial charge in [-0.15, -0.1) is 0 Å². The van der Waals surface area contributed by atoms with Crippen LogP contribution in [0.5, 0.6) is 0 Å². The first-order valence-electron chi connectivity index (χ1n) is 5.22. The van der Waals surface area contributed by atoms with Gasteiger partial charge in [-0.2, -0.15) is 0 Å². The predicted octanol–water partition coefficient (Wildman–Crippen LogP) is 0.594. The number of amides is 1. The van der Waals surface area contributed by atoms with Crippen LogP contribution in [0.1, 0.15) is 25.7 Å². The summed E-state index contributed by atoms with van der Waals surface area (Å²) in [6.07, 6.45) is 3.44. The van der Waals surface area contributed by atoms with Crippen molar-refractivity contribution in [2.24, 2.45) is 11.7 Å². The van der Waals surface area contributed by atoms with Crippen LogP contribution in [0, 0.1) is 5.92 Å². The largest absolute Gasteiger partial charge is 0.393 e. The van der Waals surface area contributed by atoms with Crippen molar-refractivity contribution in [2.45, 2.75) is 31.7 Å². The molecule has 0 radical (unpaired) electrons. The molecule has 0 heterocycles. The normalized spacial score (nSPS) is 25.1. The fourth-order valence-electron chi connectivity index (χ4n) is 1.95. The average molecular weight is 230 g/mol. The Balaban J connectivity index is 2.36. The van der Waals surface area contributed by atoms with Crippen LogP contribution in [-0.4, -0.2) is 30.7 Å². The lowest BCUT2D eigenvalue weighted by Crippen LogP contribution is -2.41. The molecule has 5 heteroatoms. The van der Waals surface area contributed by atoms with Gasteiger partial charge in [0, 0.05) is 25.5 Å². The minimum Gasteiger partial charge on any atom is -0.393 e. The lowest BCUT2D eigenvalue weighted by molar-refractivity contribution is -0.122. The molecule has 1 saturated carbocycles. The molecule has 3 N–H and O–H groups in total. The minimum atomic E-state index is 0.0185. The second-order valence-electron chi connectivity index (χ2n) is 3.86. The fraction of sp³-hybridized carbons (Fsp3) is 0.800. The molecule has 1 aliphatic rings. The van der Waals surface area contributed by atoms with Gasteiger partial charge >= 0.3 is 0 Å². The summed E-state index contributed by atoms with van der Waals surface area (Å²) in [7, 11) is 1.58. The van der Waals surface area contributed by atoms with Crippen molar-refractivity contribution in [1.82, 2.24) is 5.32 Å². The Bertz CT molecular complexity index is 246. The lowest BCUT2D eigenvalue weighted by Gasteiger charge is -2.19. The second kappa shape index (κ2) is 6.02. The van der Waals surface area contributed by atoms with Crippen LogP contribution in [0.4, 0.5) is 0 Å². The number of hydrogen-bond donors (Lipinski definition) is 2. The molecule has 15 heavy (non-hydrogen) atoms. The fourth-order valence-corrected chi connectivity index (χ4v) is 2.23. The average Bonchev–Trinajstić information content (AvgIpc) is 2.62. The molecule has 1 rings (SSSR count). The van der Waals surface area contributed by atoms with Gasteiger partial charge in [0.2, 0.25) is 5.91 Å². The summed E-state index contributed by atoms with van der Waals surface area (Å²) < 4.78 is 4.84. The summed E-state index contributed by atoms with van der Waals surface area (Å²) >= 11 is 4.97. The summed E-state index contributed by atoms with van der Waals surface area (Å²) in [6.45, 7) is 0.455. The number of thiocarbonyl (C=S) groups is 1. The molecule has 2 atom stereocenters. The van der Waals surface area contributed by atoms with E-state index >= 15 is 0 Å². The highest BCUT2D eigenvalue weighted by Gasteiger charge is 2.30. The van der Waals surface area contributed by atoms with E-state index in [-0.39, 0.29) is 17.9 Å². The van der Waals surface area contributed by atoms with Gasteiger partial charge in [-0.1, -0.05) is 18.6 Å². The van der Waals surface area contributed by atoms with E-state index in [0.29, 0.717) is 18.0 Å². The third-order valence-corrected chi connectivity index (χ3v) is 3.06. The number of carbonyl (C=O) groups is 1. The minimum absolute atomic E-state index is 0.0185. The molecule has 0 spiro atoms. The van der Waals surface area contributed by atoms with Crippen molar-refractivity contribution in [3.8, 4) is 0 Å². The highest BCUT2D eigenvalue weighted by atomic mass is 32.1. The molecular formula is C10H18N2O2S. The molecule has 0 aliphatic heterocycles. The van der Waals surface area contributed by atoms with Crippen LogP contribution in [0.25, 0.3) is 0 Å². The van der Waals surface area contributed by atoms with Gasteiger partial charge in [0.15, 0.2) is 0 Å². The molecule has 1 amide bonds. The van der Waals surface area contributed by atoms with Crippen LogP contribution >= 0.6 is 12.2 Å². The van der Waals surface area contributed by atoms with Gasteiger partial charge in [0.05, 0.1) is 11.6 Å². The van der Waals surface area contributed by atoms with Crippen LogP contribution in [-0.2, 0) is 9.53 Å². The summed E-state index contributed by atoms with van der Waals surface area (Å²) in [4.78, 5) is 12.0. The number of ether oxygens (including phenoxy) is 1. The van der Waals surface area contributed by atoms with E-state index in [1.807, 2.05) is 0 Å². The zero-order valence-electron chi connectivity index (χ0n) is 8.99. The molecule has 1 aliphatic carbocycles. The molecule has 86 valence electrons. The number of nitrogens with one attached hydrogen (secondary N) is 1. The van der Waals surface area contributed by atoms with Crippen molar-refractivity contribution in [3.63, 3.8) is 0 Å². The quantitative estimate of drug-likeness (QED) is 0.679. The number of hydrogen-bond acceptors (Lipinski definition) is 3. The van der Waals surface area contributed by atoms with Crippen molar-refractivity contribution in [2.75, 3.05) is 13.7 Å². The zero-order valence-corrected chi connectivity index (χ0v) is 9.81. The third kappa shape index (κ3) is 3.76. The van der Waals surface area contributed by atoms with Gasteiger partial charge in [-0.25, -0.2) is 0 Å². The third-order valence-electron chi connectivity index (χ3n) is 2.76. The number of methoxy groups -OCH3 is 1. The number of nitrogens with two attached hydrogens (primary N) is 1. The summed E-state index contributed by atoms with van der Waals surface area (Å²) in [5, 5.41) is 2.96. The summed E-state index contributed by atoms with van der Waals surface area (Å²) in [5.41, 5.74) is 5.62. The van der Waals surface area contributed by atoms with Crippen molar-refractivity contribution in [3.05, 3.63) is 0 Å². The Kier molecular flexibility index (Phi) is 4.98. The van der Waals surface area contributed by atoms with E-state index in [2.05, 4.69) is 5.32 Å². The highest BCUT2D eigenvalue weighted by Crippen LogP contribution is 2.25. The number of rotatable bonds is 5. The maximum Gasteiger partial charge on any atom is 0.222 e. The van der Waals surface area contributed by atoms with E-state index in [4.69, 9.17) is 22.7 Å². The van der Waals surface area contributed by atoms with E-state index in [9.17, 15) is 4.79 Å². The molecule has 0 aromatic carbocycles. The van der Waals surface area contributed by atoms with E-state index in [1.165, 1.54) is 0 Å².